The first-order valence-electron chi connectivity index (χ1n) is 3.92. The second-order valence-electron chi connectivity index (χ2n) is 3.49. The van der Waals surface area contributed by atoms with Crippen molar-refractivity contribution in [1.82, 2.24) is 0 Å². The van der Waals surface area contributed by atoms with Crippen LogP contribution in [0.1, 0.15) is 47.0 Å². The lowest BCUT2D eigenvalue weighted by Crippen LogP contribution is -1.89. The first-order valence-corrected chi connectivity index (χ1v) is 3.92. The van der Waals surface area contributed by atoms with E-state index in [1.165, 1.54) is 19.3 Å². The summed E-state index contributed by atoms with van der Waals surface area (Å²) in [6.45, 7) is 8.98. The van der Waals surface area contributed by atoms with Gasteiger partial charge in [-0.25, -0.2) is 0 Å². The van der Waals surface area contributed by atoms with Crippen molar-refractivity contribution in [3.63, 3.8) is 0 Å². The lowest BCUT2D eigenvalue weighted by atomic mass is 10.0. The lowest BCUT2D eigenvalue weighted by molar-refractivity contribution is 0.543. The molecule has 0 bridgehead atoms. The molecule has 0 aromatic heterocycles. The summed E-state index contributed by atoms with van der Waals surface area (Å²) in [5.74, 6) is 2.44. The molecule has 0 spiro atoms. The van der Waals surface area contributed by atoms with E-state index in [2.05, 4.69) is 27.7 Å². The maximum Gasteiger partial charge on any atom is -0.0303 e. The van der Waals surface area contributed by atoms with Gasteiger partial charge in [-0.15, -0.1) is 0 Å². The van der Waals surface area contributed by atoms with Gasteiger partial charge in [0, 0.05) is 0 Å². The third kappa shape index (κ3) is 8.00. The summed E-state index contributed by atoms with van der Waals surface area (Å²) in [5.41, 5.74) is 0. The molecule has 0 aliphatic rings. The minimum Gasteiger partial charge on any atom is -0.0628 e. The number of rotatable bonds is 4. The first-order chi connectivity index (χ1) is 4.13. The number of hydrogen-bond acceptors (Lipinski definition) is 0. The monoisotopic (exact) mass is 127 g/mol. The van der Waals surface area contributed by atoms with E-state index in [1.807, 2.05) is 0 Å². The van der Waals surface area contributed by atoms with Gasteiger partial charge in [-0.3, -0.25) is 0 Å². The molecule has 0 nitrogen and oxygen atoms in total. The van der Waals surface area contributed by atoms with E-state index in [-0.39, 0.29) is 0 Å². The Bertz CT molecular complexity index is 45.1. The Morgan fingerprint density at radius 2 is 1.78 bits per heavy atom. The van der Waals surface area contributed by atoms with Gasteiger partial charge < -0.3 is 0 Å². The Kier molecular flexibility index (Phi) is 4.84. The Hall–Kier alpha value is 0. The maximum atomic E-state index is 2.28. The highest BCUT2D eigenvalue weighted by Crippen LogP contribution is 2.12. The molecule has 1 radical (unpaired) electrons. The van der Waals surface area contributed by atoms with Crippen LogP contribution in [0.25, 0.3) is 0 Å². The van der Waals surface area contributed by atoms with Crippen molar-refractivity contribution in [1.29, 1.82) is 0 Å². The zero-order valence-corrected chi connectivity index (χ0v) is 7.20. The van der Waals surface area contributed by atoms with E-state index in [9.17, 15) is 0 Å². The van der Waals surface area contributed by atoms with Gasteiger partial charge in [-0.05, 0) is 18.3 Å². The van der Waals surface area contributed by atoms with Crippen molar-refractivity contribution in [2.45, 2.75) is 47.0 Å². The summed E-state index contributed by atoms with van der Waals surface area (Å²) in [7, 11) is 0. The molecule has 0 heteroatoms. The van der Waals surface area contributed by atoms with Crippen LogP contribution < -0.4 is 0 Å². The minimum atomic E-state index is 0.879. The summed E-state index contributed by atoms with van der Waals surface area (Å²) in [5, 5.41) is 0. The molecule has 55 valence electrons. The average molecular weight is 127 g/mol. The van der Waals surface area contributed by atoms with E-state index >= 15 is 0 Å². The van der Waals surface area contributed by atoms with Gasteiger partial charge in [0.1, 0.15) is 0 Å². The standard InChI is InChI=1S/C9H19/c1-8(2)6-5-7-9(3)4/h8H,5-7H2,1-4H3. The lowest BCUT2D eigenvalue weighted by Gasteiger charge is -2.05. The van der Waals surface area contributed by atoms with E-state index in [0.717, 1.165) is 5.92 Å². The SMILES string of the molecule is C[C](C)CCCC(C)C. The van der Waals surface area contributed by atoms with Gasteiger partial charge >= 0.3 is 0 Å². The zero-order chi connectivity index (χ0) is 7.28. The molecule has 0 fully saturated rings. The molecular weight excluding hydrogens is 108 g/mol. The molecule has 0 heterocycles. The van der Waals surface area contributed by atoms with Crippen molar-refractivity contribution in [2.75, 3.05) is 0 Å². The molecule has 0 saturated carbocycles. The summed E-state index contributed by atoms with van der Waals surface area (Å²) < 4.78 is 0. The van der Waals surface area contributed by atoms with Crippen molar-refractivity contribution in [3.8, 4) is 0 Å². The fourth-order valence-corrected chi connectivity index (χ4v) is 0.864. The third-order valence-corrected chi connectivity index (χ3v) is 1.46. The van der Waals surface area contributed by atoms with Crippen molar-refractivity contribution in [3.05, 3.63) is 5.92 Å². The average Bonchev–Trinajstić information content (AvgIpc) is 1.63. The van der Waals surface area contributed by atoms with E-state index in [4.69, 9.17) is 0 Å². The Labute approximate surface area is 59.7 Å². The van der Waals surface area contributed by atoms with E-state index in [0.29, 0.717) is 0 Å². The van der Waals surface area contributed by atoms with Crippen LogP contribution in [0.5, 0.6) is 0 Å². The summed E-state index contributed by atoms with van der Waals surface area (Å²) in [6, 6.07) is 0. The van der Waals surface area contributed by atoms with Crippen LogP contribution in [0.2, 0.25) is 0 Å². The van der Waals surface area contributed by atoms with Crippen LogP contribution in [-0.2, 0) is 0 Å². The second-order valence-corrected chi connectivity index (χ2v) is 3.49. The van der Waals surface area contributed by atoms with Gasteiger partial charge in [0.15, 0.2) is 0 Å². The van der Waals surface area contributed by atoms with Crippen molar-refractivity contribution < 1.29 is 0 Å². The third-order valence-electron chi connectivity index (χ3n) is 1.46. The highest BCUT2D eigenvalue weighted by molar-refractivity contribution is 4.75. The largest absolute Gasteiger partial charge is 0.0628 e. The molecule has 0 saturated heterocycles. The van der Waals surface area contributed by atoms with Gasteiger partial charge in [-0.2, -0.15) is 0 Å². The summed E-state index contributed by atoms with van der Waals surface area (Å²) in [4.78, 5) is 0. The predicted molar refractivity (Wildman–Crippen MR) is 43.3 cm³/mol. The Morgan fingerprint density at radius 3 is 2.11 bits per heavy atom. The zero-order valence-electron chi connectivity index (χ0n) is 7.20. The smallest absolute Gasteiger partial charge is 0.0303 e. The van der Waals surface area contributed by atoms with Gasteiger partial charge in [0.05, 0.1) is 0 Å². The fourth-order valence-electron chi connectivity index (χ4n) is 0.864. The fraction of sp³-hybridized carbons (Fsp3) is 0.889. The minimum absolute atomic E-state index is 0.879. The second kappa shape index (κ2) is 4.84. The van der Waals surface area contributed by atoms with E-state index in [1.54, 1.807) is 5.92 Å². The summed E-state index contributed by atoms with van der Waals surface area (Å²) in [6.07, 6.45) is 4.07. The topological polar surface area (TPSA) is 0 Å². The molecule has 0 rings (SSSR count). The quantitative estimate of drug-likeness (QED) is 0.542. The van der Waals surface area contributed by atoms with Gasteiger partial charge in [0.2, 0.25) is 0 Å². The van der Waals surface area contributed by atoms with Gasteiger partial charge in [-0.1, -0.05) is 40.5 Å². The van der Waals surface area contributed by atoms with Crippen LogP contribution in [0, 0.1) is 11.8 Å². The molecule has 0 aromatic carbocycles. The normalized spacial score (nSPS) is 11.3. The van der Waals surface area contributed by atoms with Crippen LogP contribution in [-0.4, -0.2) is 0 Å². The molecule has 0 atom stereocenters. The maximum absolute atomic E-state index is 2.28. The molecule has 0 aromatic rings. The summed E-state index contributed by atoms with van der Waals surface area (Å²) >= 11 is 0. The Morgan fingerprint density at radius 1 is 1.22 bits per heavy atom. The first kappa shape index (κ1) is 9.00. The number of hydrogen-bond donors (Lipinski definition) is 0. The van der Waals surface area contributed by atoms with Crippen molar-refractivity contribution in [2.24, 2.45) is 5.92 Å². The molecule has 0 N–H and O–H groups in total. The molecule has 9 heavy (non-hydrogen) atoms. The van der Waals surface area contributed by atoms with Gasteiger partial charge in [0.25, 0.3) is 0 Å². The van der Waals surface area contributed by atoms with Crippen LogP contribution in [0.4, 0.5) is 0 Å². The van der Waals surface area contributed by atoms with Crippen LogP contribution >= 0.6 is 0 Å². The van der Waals surface area contributed by atoms with E-state index < -0.39 is 0 Å². The van der Waals surface area contributed by atoms with Crippen molar-refractivity contribution >= 4 is 0 Å². The molecule has 0 aliphatic carbocycles. The predicted octanol–water partition coefficient (Wildman–Crippen LogP) is 3.43. The Balaban J connectivity index is 2.91. The molecule has 0 amide bonds. The molecule has 0 unspecified atom stereocenters. The van der Waals surface area contributed by atoms with Crippen LogP contribution in [0.3, 0.4) is 0 Å². The van der Waals surface area contributed by atoms with Crippen LogP contribution in [0.15, 0.2) is 0 Å². The molecule has 0 aliphatic heterocycles. The highest BCUT2D eigenvalue weighted by atomic mass is 14.0. The molecular formula is C9H19. The highest BCUT2D eigenvalue weighted by Gasteiger charge is 1.96.